The van der Waals surface area contributed by atoms with E-state index in [1.54, 1.807) is 5.56 Å². The number of nitrogens with zero attached hydrogens (tertiary/aromatic N) is 3. The van der Waals surface area contributed by atoms with Gasteiger partial charge in [0.1, 0.15) is 0 Å². The summed E-state index contributed by atoms with van der Waals surface area (Å²) in [5, 5.41) is 8.66. The second-order valence-electron chi connectivity index (χ2n) is 8.04. The van der Waals surface area contributed by atoms with Gasteiger partial charge >= 0.3 is 0 Å². The molecule has 4 nitrogen and oxygen atoms in total. The molecule has 0 aliphatic heterocycles. The van der Waals surface area contributed by atoms with Gasteiger partial charge in [0, 0.05) is 21.8 Å². The molecular formula is C20H21N3OS. The fourth-order valence-electron chi connectivity index (χ4n) is 4.69. The highest BCUT2D eigenvalue weighted by molar-refractivity contribution is 7.15. The summed E-state index contributed by atoms with van der Waals surface area (Å²) in [5.74, 6) is 2.75. The van der Waals surface area contributed by atoms with Crippen LogP contribution in [0.15, 0.2) is 16.5 Å². The van der Waals surface area contributed by atoms with Crippen LogP contribution in [-0.4, -0.2) is 15.2 Å². The van der Waals surface area contributed by atoms with Crippen LogP contribution in [0.3, 0.4) is 0 Å². The maximum Gasteiger partial charge on any atom is 0.258 e. The average molecular weight is 351 g/mol. The molecule has 0 radical (unpaired) electrons. The lowest BCUT2D eigenvalue weighted by molar-refractivity contribution is 0.540. The van der Waals surface area contributed by atoms with Gasteiger partial charge < -0.3 is 4.42 Å². The van der Waals surface area contributed by atoms with Crippen molar-refractivity contribution in [2.75, 3.05) is 0 Å². The second kappa shape index (κ2) is 4.79. The molecule has 2 aliphatic rings. The van der Waals surface area contributed by atoms with Crippen molar-refractivity contribution in [3.05, 3.63) is 39.5 Å². The maximum absolute atomic E-state index is 6.07. The number of aromatic nitrogens is 3. The highest BCUT2D eigenvalue weighted by Crippen LogP contribution is 2.72. The number of hydrogen-bond acceptors (Lipinski definition) is 5. The molecule has 2 atom stereocenters. The van der Waals surface area contributed by atoms with E-state index >= 15 is 0 Å². The number of hydrogen-bond donors (Lipinski definition) is 0. The Morgan fingerprint density at radius 1 is 1.08 bits per heavy atom. The summed E-state index contributed by atoms with van der Waals surface area (Å²) in [6.07, 6.45) is 1.15. The first-order chi connectivity index (χ1) is 11.9. The summed E-state index contributed by atoms with van der Waals surface area (Å²) < 4.78 is 6.07. The van der Waals surface area contributed by atoms with E-state index in [9.17, 15) is 0 Å². The minimum Gasteiger partial charge on any atom is -0.415 e. The zero-order valence-corrected chi connectivity index (χ0v) is 16.0. The third kappa shape index (κ3) is 2.08. The Balaban J connectivity index is 1.56. The van der Waals surface area contributed by atoms with Crippen LogP contribution >= 0.6 is 11.3 Å². The van der Waals surface area contributed by atoms with Crippen LogP contribution in [0.5, 0.6) is 0 Å². The molecule has 25 heavy (non-hydrogen) atoms. The maximum atomic E-state index is 6.07. The fourth-order valence-corrected chi connectivity index (χ4v) is 5.85. The van der Waals surface area contributed by atoms with Gasteiger partial charge in [-0.2, -0.15) is 0 Å². The van der Waals surface area contributed by atoms with Crippen molar-refractivity contribution < 1.29 is 4.42 Å². The fraction of sp³-hybridized carbons (Fsp3) is 0.450. The van der Waals surface area contributed by atoms with Gasteiger partial charge in [-0.1, -0.05) is 13.8 Å². The topological polar surface area (TPSA) is 51.8 Å². The van der Waals surface area contributed by atoms with Gasteiger partial charge in [0.05, 0.1) is 4.88 Å². The van der Waals surface area contributed by atoms with Crippen molar-refractivity contribution in [3.8, 4) is 22.2 Å². The Bertz CT molecular complexity index is 994. The first-order valence-electron chi connectivity index (χ1n) is 8.78. The predicted octanol–water partition coefficient (Wildman–Crippen LogP) is 5.08. The van der Waals surface area contributed by atoms with Crippen molar-refractivity contribution >= 4 is 11.3 Å². The van der Waals surface area contributed by atoms with Gasteiger partial charge in [0.15, 0.2) is 0 Å². The van der Waals surface area contributed by atoms with Crippen LogP contribution in [-0.2, 0) is 6.42 Å². The Kier molecular flexibility index (Phi) is 2.92. The highest BCUT2D eigenvalue weighted by Gasteiger charge is 2.63. The van der Waals surface area contributed by atoms with Crippen molar-refractivity contribution in [1.29, 1.82) is 0 Å². The Morgan fingerprint density at radius 3 is 2.48 bits per heavy atom. The van der Waals surface area contributed by atoms with E-state index < -0.39 is 0 Å². The summed E-state index contributed by atoms with van der Waals surface area (Å²) >= 11 is 1.81. The van der Waals surface area contributed by atoms with Gasteiger partial charge in [-0.15, -0.1) is 21.5 Å². The van der Waals surface area contributed by atoms with Crippen molar-refractivity contribution in [2.24, 2.45) is 11.3 Å². The standard InChI is InChI=1S/C20H21N3OS/c1-9-6-12(7-10(2)21-9)18-22-23-19(24-18)17-13-8-14-16(20(14,4)5)15(13)11(3)25-17/h6-7,14,16H,8H2,1-5H3/t14-,16-/m1/s1. The number of thiophene rings is 1. The van der Waals surface area contributed by atoms with Crippen molar-refractivity contribution in [3.63, 3.8) is 0 Å². The van der Waals surface area contributed by atoms with Crippen LogP contribution in [0.25, 0.3) is 22.2 Å². The third-order valence-corrected chi connectivity index (χ3v) is 7.12. The van der Waals surface area contributed by atoms with Gasteiger partial charge in [0.2, 0.25) is 5.89 Å². The molecular weight excluding hydrogens is 330 g/mol. The quantitative estimate of drug-likeness (QED) is 0.646. The van der Waals surface area contributed by atoms with Crippen molar-refractivity contribution in [1.82, 2.24) is 15.2 Å². The molecule has 0 unspecified atom stereocenters. The van der Waals surface area contributed by atoms with Crippen LogP contribution in [0, 0.1) is 32.1 Å². The third-order valence-electron chi connectivity index (χ3n) is 5.97. The molecule has 2 aliphatic carbocycles. The molecule has 3 aromatic heterocycles. The number of pyridine rings is 1. The van der Waals surface area contributed by atoms with E-state index in [0.717, 1.165) is 35.2 Å². The molecule has 0 amide bonds. The molecule has 3 aromatic rings. The molecule has 0 saturated heterocycles. The number of aryl methyl sites for hydroxylation is 3. The summed E-state index contributed by atoms with van der Waals surface area (Å²) in [4.78, 5) is 7.01. The summed E-state index contributed by atoms with van der Waals surface area (Å²) in [6, 6.07) is 3.98. The molecule has 0 aromatic carbocycles. The molecule has 1 fully saturated rings. The molecule has 0 N–H and O–H groups in total. The summed E-state index contributed by atoms with van der Waals surface area (Å²) in [7, 11) is 0. The van der Waals surface area contributed by atoms with Gasteiger partial charge in [-0.05, 0) is 67.7 Å². The Morgan fingerprint density at radius 2 is 1.76 bits per heavy atom. The van der Waals surface area contributed by atoms with E-state index in [1.165, 1.54) is 15.3 Å². The number of rotatable bonds is 2. The SMILES string of the molecule is Cc1cc(-c2nnc(-c3sc(C)c4c3C[C@@H]3[C@H]4C3(C)C)o2)cc(C)n1. The Hall–Kier alpha value is -2.01. The first-order valence-corrected chi connectivity index (χ1v) is 9.59. The van der Waals surface area contributed by atoms with E-state index in [-0.39, 0.29) is 0 Å². The van der Waals surface area contributed by atoms with Crippen LogP contribution in [0.1, 0.15) is 47.2 Å². The molecule has 5 rings (SSSR count). The summed E-state index contributed by atoms with van der Waals surface area (Å²) in [5.41, 5.74) is 6.34. The van der Waals surface area contributed by atoms with Gasteiger partial charge in [0.25, 0.3) is 5.89 Å². The molecule has 5 heteroatoms. The minimum atomic E-state index is 0.461. The largest absolute Gasteiger partial charge is 0.415 e. The normalized spacial score (nSPS) is 22.8. The second-order valence-corrected chi connectivity index (χ2v) is 9.26. The van der Waals surface area contributed by atoms with Crippen LogP contribution in [0.2, 0.25) is 0 Å². The highest BCUT2D eigenvalue weighted by atomic mass is 32.1. The molecule has 3 heterocycles. The van der Waals surface area contributed by atoms with Crippen LogP contribution < -0.4 is 0 Å². The van der Waals surface area contributed by atoms with Gasteiger partial charge in [-0.3, -0.25) is 4.98 Å². The average Bonchev–Trinajstić information content (AvgIpc) is 3.03. The van der Waals surface area contributed by atoms with E-state index in [1.807, 2.05) is 37.3 Å². The van der Waals surface area contributed by atoms with E-state index in [2.05, 4.69) is 36.0 Å². The van der Waals surface area contributed by atoms with Crippen molar-refractivity contribution in [2.45, 2.75) is 47.0 Å². The lowest BCUT2D eigenvalue weighted by Gasteiger charge is -2.09. The minimum absolute atomic E-state index is 0.461. The van der Waals surface area contributed by atoms with Crippen LogP contribution in [0.4, 0.5) is 0 Å². The lowest BCUT2D eigenvalue weighted by Crippen LogP contribution is -1.99. The first kappa shape index (κ1) is 15.3. The zero-order valence-electron chi connectivity index (χ0n) is 15.2. The number of fused-ring (bicyclic) bond motifs is 3. The Labute approximate surface area is 151 Å². The monoisotopic (exact) mass is 351 g/mol. The molecule has 128 valence electrons. The summed E-state index contributed by atoms with van der Waals surface area (Å²) in [6.45, 7) is 11.0. The lowest BCUT2D eigenvalue weighted by atomic mass is 9.95. The predicted molar refractivity (Wildman–Crippen MR) is 98.8 cm³/mol. The zero-order chi connectivity index (χ0) is 17.5. The molecule has 0 bridgehead atoms. The van der Waals surface area contributed by atoms with Gasteiger partial charge in [-0.25, -0.2) is 0 Å². The van der Waals surface area contributed by atoms with E-state index in [0.29, 0.717) is 17.2 Å². The van der Waals surface area contributed by atoms with E-state index in [4.69, 9.17) is 4.42 Å². The molecule has 0 spiro atoms. The smallest absolute Gasteiger partial charge is 0.258 e. The molecule has 1 saturated carbocycles.